The van der Waals surface area contributed by atoms with E-state index in [0.717, 1.165) is 0 Å². The lowest BCUT2D eigenvalue weighted by Crippen LogP contribution is -2.25. The highest BCUT2D eigenvalue weighted by Crippen LogP contribution is 2.27. The van der Waals surface area contributed by atoms with E-state index < -0.39 is 17.9 Å². The van der Waals surface area contributed by atoms with Gasteiger partial charge in [-0.15, -0.1) is 11.3 Å². The van der Waals surface area contributed by atoms with E-state index in [0.29, 0.717) is 38.1 Å². The average molecular weight is 411 g/mol. The molecule has 29 heavy (non-hydrogen) atoms. The van der Waals surface area contributed by atoms with Gasteiger partial charge in [0.1, 0.15) is 9.88 Å². The molecule has 3 rings (SSSR count). The Kier molecular flexibility index (Phi) is 5.74. The fourth-order valence-electron chi connectivity index (χ4n) is 3.18. The van der Waals surface area contributed by atoms with Crippen molar-refractivity contribution in [1.29, 1.82) is 0 Å². The molecule has 0 aromatic carbocycles. The maximum Gasteiger partial charge on any atom is 0.350 e. The second-order valence-electron chi connectivity index (χ2n) is 6.74. The molecule has 1 N–H and O–H groups in total. The minimum absolute atomic E-state index is 0.123. The van der Waals surface area contributed by atoms with Crippen LogP contribution < -0.4 is 0 Å². The van der Waals surface area contributed by atoms with Crippen molar-refractivity contribution in [2.75, 3.05) is 0 Å². The lowest BCUT2D eigenvalue weighted by molar-refractivity contribution is 0.0320. The first kappa shape index (κ1) is 20.6. The zero-order valence-corrected chi connectivity index (χ0v) is 17.6. The highest BCUT2D eigenvalue weighted by Gasteiger charge is 2.27. The van der Waals surface area contributed by atoms with Gasteiger partial charge in [-0.1, -0.05) is 6.07 Å². The monoisotopic (exact) mass is 411 g/mol. The van der Waals surface area contributed by atoms with Crippen LogP contribution in [0.4, 0.5) is 0 Å². The van der Waals surface area contributed by atoms with E-state index in [2.05, 4.69) is 15.0 Å². The molecule has 1 atom stereocenters. The van der Waals surface area contributed by atoms with Crippen LogP contribution in [0.5, 0.6) is 0 Å². The maximum atomic E-state index is 12.8. The Balaban J connectivity index is 1.79. The van der Waals surface area contributed by atoms with Crippen molar-refractivity contribution >= 4 is 28.9 Å². The Bertz CT molecular complexity index is 1100. The number of nitrogens with one attached hydrogen (secondary N) is 1. The molecule has 0 aliphatic rings. The molecule has 0 amide bonds. The van der Waals surface area contributed by atoms with Crippen molar-refractivity contribution in [2.45, 2.75) is 40.7 Å². The molecule has 0 spiro atoms. The van der Waals surface area contributed by atoms with Gasteiger partial charge in [0, 0.05) is 17.5 Å². The van der Waals surface area contributed by atoms with Crippen molar-refractivity contribution in [1.82, 2.24) is 15.0 Å². The zero-order chi connectivity index (χ0) is 21.3. The second-order valence-corrected chi connectivity index (χ2v) is 7.74. The summed E-state index contributed by atoms with van der Waals surface area (Å²) in [5, 5.41) is 0.607. The molecule has 150 valence electrons. The van der Waals surface area contributed by atoms with Crippen LogP contribution in [0.25, 0.3) is 10.7 Å². The lowest BCUT2D eigenvalue weighted by Gasteiger charge is -2.11. The Labute approximate surface area is 172 Å². The van der Waals surface area contributed by atoms with Gasteiger partial charge in [-0.05, 0) is 52.3 Å². The summed E-state index contributed by atoms with van der Waals surface area (Å²) in [6.07, 6.45) is 0.639. The molecule has 0 radical (unpaired) electrons. The molecule has 0 unspecified atom stereocenters. The summed E-state index contributed by atoms with van der Waals surface area (Å²) >= 11 is 1.17. The minimum atomic E-state index is -1.01. The number of aryl methyl sites for hydroxylation is 2. The van der Waals surface area contributed by atoms with E-state index >= 15 is 0 Å². The van der Waals surface area contributed by atoms with Crippen LogP contribution in [0, 0.1) is 20.8 Å². The first-order valence-corrected chi connectivity index (χ1v) is 9.86. The van der Waals surface area contributed by atoms with Crippen molar-refractivity contribution in [3.8, 4) is 10.7 Å². The molecular formula is C21H21N3O4S. The summed E-state index contributed by atoms with van der Waals surface area (Å²) in [5.74, 6) is -1.13. The third kappa shape index (κ3) is 4.02. The van der Waals surface area contributed by atoms with Crippen LogP contribution in [0.3, 0.4) is 0 Å². The average Bonchev–Trinajstić information content (AvgIpc) is 3.21. The number of pyridine rings is 1. The molecule has 7 nitrogen and oxygen atoms in total. The maximum absolute atomic E-state index is 12.8. The number of ether oxygens (including phenoxy) is 1. The molecule has 3 heterocycles. The normalized spacial score (nSPS) is 11.9. The highest BCUT2D eigenvalue weighted by molar-refractivity contribution is 7.17. The smallest absolute Gasteiger partial charge is 0.350 e. The number of ketones is 2. The predicted molar refractivity (Wildman–Crippen MR) is 110 cm³/mol. The Morgan fingerprint density at radius 3 is 2.48 bits per heavy atom. The van der Waals surface area contributed by atoms with Crippen LogP contribution in [0.1, 0.15) is 61.3 Å². The molecule has 8 heteroatoms. The first-order chi connectivity index (χ1) is 13.7. The molecule has 3 aromatic rings. The molecule has 0 fully saturated rings. The van der Waals surface area contributed by atoms with E-state index in [1.165, 1.54) is 25.2 Å². The lowest BCUT2D eigenvalue weighted by atomic mass is 10.0. The van der Waals surface area contributed by atoms with E-state index in [-0.39, 0.29) is 11.5 Å². The largest absolute Gasteiger partial charge is 0.450 e. The quantitative estimate of drug-likeness (QED) is 0.484. The second kappa shape index (κ2) is 8.08. The first-order valence-electron chi connectivity index (χ1n) is 9.04. The van der Waals surface area contributed by atoms with Gasteiger partial charge in [-0.25, -0.2) is 9.78 Å². The predicted octanol–water partition coefficient (Wildman–Crippen LogP) is 4.09. The van der Waals surface area contributed by atoms with E-state index in [4.69, 9.17) is 4.74 Å². The van der Waals surface area contributed by atoms with Crippen LogP contribution >= 0.6 is 11.3 Å². The standard InChI is InChI=1S/C21H21N3O4S/c1-10-16(13(4)25)11(2)23-17(10)18(26)14(5)28-21(27)19-12(3)24-20(29-19)15-8-6-7-9-22-15/h6-9,14,23H,1-5H3/t14-/m1/s1. The number of Topliss-reactive ketones (excluding diaryl/α,β-unsaturated/α-hetero) is 2. The van der Waals surface area contributed by atoms with E-state index in [1.807, 2.05) is 12.1 Å². The van der Waals surface area contributed by atoms with E-state index in [1.54, 1.807) is 33.0 Å². The summed E-state index contributed by atoms with van der Waals surface area (Å²) < 4.78 is 5.40. The molecular weight excluding hydrogens is 390 g/mol. The molecule has 3 aromatic heterocycles. The van der Waals surface area contributed by atoms with Crippen molar-refractivity contribution < 1.29 is 19.1 Å². The third-order valence-corrected chi connectivity index (χ3v) is 5.71. The van der Waals surface area contributed by atoms with Crippen LogP contribution in [-0.4, -0.2) is 38.6 Å². The number of carbonyl (C=O) groups excluding carboxylic acids is 3. The van der Waals surface area contributed by atoms with Gasteiger partial charge >= 0.3 is 5.97 Å². The van der Waals surface area contributed by atoms with Gasteiger partial charge in [0.15, 0.2) is 11.9 Å². The van der Waals surface area contributed by atoms with E-state index in [9.17, 15) is 14.4 Å². The van der Waals surface area contributed by atoms with Gasteiger partial charge in [0.25, 0.3) is 0 Å². The summed E-state index contributed by atoms with van der Waals surface area (Å²) in [6, 6.07) is 5.45. The number of hydrogen-bond acceptors (Lipinski definition) is 7. The summed E-state index contributed by atoms with van der Waals surface area (Å²) in [6.45, 7) is 8.11. The third-order valence-electron chi connectivity index (χ3n) is 4.56. The van der Waals surface area contributed by atoms with Gasteiger partial charge in [-0.3, -0.25) is 14.6 Å². The Hall–Kier alpha value is -3.13. The molecule has 0 bridgehead atoms. The summed E-state index contributed by atoms with van der Waals surface area (Å²) in [5.41, 5.74) is 3.14. The number of thiazole rings is 1. The fraction of sp³-hybridized carbons (Fsp3) is 0.286. The van der Waals surface area contributed by atoms with Gasteiger partial charge in [0.2, 0.25) is 5.78 Å². The highest BCUT2D eigenvalue weighted by atomic mass is 32.1. The summed E-state index contributed by atoms with van der Waals surface area (Å²) in [7, 11) is 0. The van der Waals surface area contributed by atoms with Crippen LogP contribution in [-0.2, 0) is 4.74 Å². The minimum Gasteiger partial charge on any atom is -0.450 e. The topological polar surface area (TPSA) is 102 Å². The van der Waals surface area contributed by atoms with Gasteiger partial charge in [-0.2, -0.15) is 0 Å². The number of carbonyl (C=O) groups is 3. The number of aromatic nitrogens is 3. The number of H-pyrrole nitrogens is 1. The summed E-state index contributed by atoms with van der Waals surface area (Å²) in [4.78, 5) is 49.1. The van der Waals surface area contributed by atoms with Crippen molar-refractivity contribution in [3.63, 3.8) is 0 Å². The Morgan fingerprint density at radius 1 is 1.17 bits per heavy atom. The number of rotatable bonds is 6. The zero-order valence-electron chi connectivity index (χ0n) is 16.8. The number of aromatic amines is 1. The number of esters is 1. The SMILES string of the molecule is CC(=O)c1c(C)[nH]c(C(=O)[C@@H](C)OC(=O)c2sc(-c3ccccn3)nc2C)c1C. The van der Waals surface area contributed by atoms with Crippen LogP contribution in [0.2, 0.25) is 0 Å². The number of nitrogens with zero attached hydrogens (tertiary/aromatic N) is 2. The van der Waals surface area contributed by atoms with Crippen molar-refractivity contribution in [2.24, 2.45) is 0 Å². The van der Waals surface area contributed by atoms with Crippen LogP contribution in [0.15, 0.2) is 24.4 Å². The van der Waals surface area contributed by atoms with Gasteiger partial charge < -0.3 is 9.72 Å². The van der Waals surface area contributed by atoms with Crippen molar-refractivity contribution in [3.05, 3.63) is 57.5 Å². The fourth-order valence-corrected chi connectivity index (χ4v) is 4.11. The molecule has 0 saturated heterocycles. The molecule has 0 aliphatic carbocycles. The Morgan fingerprint density at radius 2 is 1.90 bits per heavy atom. The molecule has 0 saturated carbocycles. The van der Waals surface area contributed by atoms with Gasteiger partial charge in [0.05, 0.1) is 17.1 Å². The molecule has 0 aliphatic heterocycles. The number of hydrogen-bond donors (Lipinski definition) is 1.